The number of nitrogens with one attached hydrogen (secondary N) is 1. The van der Waals surface area contributed by atoms with E-state index in [1.807, 2.05) is 18.5 Å². The molecule has 2 aromatic heterocycles. The Morgan fingerprint density at radius 1 is 1.25 bits per heavy atom. The summed E-state index contributed by atoms with van der Waals surface area (Å²) in [6.45, 7) is 3.25. The summed E-state index contributed by atoms with van der Waals surface area (Å²) in [5.41, 5.74) is 13.8. The van der Waals surface area contributed by atoms with Gasteiger partial charge in [0.05, 0.1) is 19.4 Å². The monoisotopic (exact) mass is 396 g/mol. The van der Waals surface area contributed by atoms with Crippen LogP contribution in [0.1, 0.15) is 12.8 Å². The van der Waals surface area contributed by atoms with Crippen LogP contribution in [0.25, 0.3) is 10.9 Å². The number of ether oxygens (including phenoxy) is 1. The van der Waals surface area contributed by atoms with Crippen molar-refractivity contribution in [2.24, 2.45) is 11.1 Å². The van der Waals surface area contributed by atoms with Crippen molar-refractivity contribution in [1.29, 1.82) is 0 Å². The summed E-state index contributed by atoms with van der Waals surface area (Å²) >= 11 is 1.55. The third-order valence-electron chi connectivity index (χ3n) is 6.07. The molecule has 5 rings (SSSR count). The Hall–Kier alpha value is -2.29. The Morgan fingerprint density at radius 2 is 2.11 bits per heavy atom. The van der Waals surface area contributed by atoms with Crippen LogP contribution in [0.2, 0.25) is 0 Å². The zero-order valence-corrected chi connectivity index (χ0v) is 16.4. The van der Waals surface area contributed by atoms with Crippen LogP contribution >= 0.6 is 11.8 Å². The van der Waals surface area contributed by atoms with Gasteiger partial charge in [0.1, 0.15) is 10.8 Å². The van der Waals surface area contributed by atoms with Gasteiger partial charge < -0.3 is 26.1 Å². The second-order valence-corrected chi connectivity index (χ2v) is 8.72. The maximum absolute atomic E-state index is 6.28. The van der Waals surface area contributed by atoms with Crippen LogP contribution < -0.4 is 16.4 Å². The summed E-state index contributed by atoms with van der Waals surface area (Å²) < 4.78 is 5.61. The first kappa shape index (κ1) is 17.8. The highest BCUT2D eigenvalue weighted by molar-refractivity contribution is 7.99. The highest BCUT2D eigenvalue weighted by Gasteiger charge is 2.44. The maximum Gasteiger partial charge on any atom is 0.158 e. The fourth-order valence-corrected chi connectivity index (χ4v) is 5.13. The van der Waals surface area contributed by atoms with E-state index in [1.54, 1.807) is 11.8 Å². The van der Waals surface area contributed by atoms with Gasteiger partial charge in [-0.25, -0.2) is 9.97 Å². The number of fused-ring (bicyclic) bond motifs is 1. The zero-order valence-electron chi connectivity index (χ0n) is 15.6. The first-order chi connectivity index (χ1) is 13.6. The van der Waals surface area contributed by atoms with E-state index in [0.29, 0.717) is 12.4 Å². The normalized spacial score (nSPS) is 21.6. The van der Waals surface area contributed by atoms with Crippen LogP contribution in [0.15, 0.2) is 46.6 Å². The van der Waals surface area contributed by atoms with Gasteiger partial charge in [-0.05, 0) is 31.0 Å². The van der Waals surface area contributed by atoms with Crippen LogP contribution in [0.5, 0.6) is 0 Å². The van der Waals surface area contributed by atoms with E-state index in [-0.39, 0.29) is 11.5 Å². The van der Waals surface area contributed by atoms with Gasteiger partial charge in [-0.1, -0.05) is 17.8 Å². The van der Waals surface area contributed by atoms with Crippen molar-refractivity contribution >= 4 is 34.3 Å². The molecular formula is C20H24N6OS. The first-order valence-electron chi connectivity index (χ1n) is 9.59. The minimum Gasteiger partial charge on any atom is -0.381 e. The van der Waals surface area contributed by atoms with Gasteiger partial charge in [0.15, 0.2) is 5.82 Å². The van der Waals surface area contributed by atoms with E-state index in [1.165, 1.54) is 0 Å². The molecule has 0 bridgehead atoms. The van der Waals surface area contributed by atoms with E-state index >= 15 is 0 Å². The molecule has 2 fully saturated rings. The average molecular weight is 397 g/mol. The number of nitrogen functional groups attached to an aromatic ring is 1. The van der Waals surface area contributed by atoms with Crippen molar-refractivity contribution in [1.82, 2.24) is 15.0 Å². The van der Waals surface area contributed by atoms with E-state index in [4.69, 9.17) is 16.2 Å². The average Bonchev–Trinajstić information content (AvgIpc) is 3.32. The van der Waals surface area contributed by atoms with Crippen LogP contribution in [-0.4, -0.2) is 47.3 Å². The van der Waals surface area contributed by atoms with Crippen molar-refractivity contribution in [2.75, 3.05) is 36.9 Å². The molecule has 2 aliphatic heterocycles. The first-order valence-corrected chi connectivity index (χ1v) is 10.4. The molecule has 146 valence electrons. The Morgan fingerprint density at radius 3 is 2.86 bits per heavy atom. The molecule has 8 heteroatoms. The highest BCUT2D eigenvalue weighted by Crippen LogP contribution is 2.40. The topological polar surface area (TPSA) is 106 Å². The lowest BCUT2D eigenvalue weighted by Gasteiger charge is -2.41. The van der Waals surface area contributed by atoms with E-state index in [0.717, 1.165) is 59.2 Å². The molecule has 2 saturated heterocycles. The van der Waals surface area contributed by atoms with Crippen molar-refractivity contribution < 1.29 is 4.74 Å². The molecule has 28 heavy (non-hydrogen) atoms. The molecule has 0 unspecified atom stereocenters. The predicted octanol–water partition coefficient (Wildman–Crippen LogP) is 2.64. The number of hydrogen-bond acceptors (Lipinski definition) is 7. The number of benzene rings is 1. The summed E-state index contributed by atoms with van der Waals surface area (Å²) in [6.07, 6.45) is 5.81. The fraction of sp³-hybridized carbons (Fsp3) is 0.400. The number of rotatable bonds is 3. The molecule has 7 nitrogen and oxygen atoms in total. The number of aromatic amines is 1. The van der Waals surface area contributed by atoms with E-state index in [9.17, 15) is 0 Å². The molecule has 4 heterocycles. The Bertz CT molecular complexity index is 997. The second kappa shape index (κ2) is 6.95. The third kappa shape index (κ3) is 3.01. The molecule has 2 aliphatic rings. The molecule has 1 spiro atoms. The lowest BCUT2D eigenvalue weighted by Crippen LogP contribution is -2.49. The SMILES string of the molecule is Nc1nc(N2CCC3(CC2)COC[C@H]3N)cnc1Sc1cccc2[nH]ccc12. The highest BCUT2D eigenvalue weighted by atomic mass is 32.2. The minimum absolute atomic E-state index is 0.126. The van der Waals surface area contributed by atoms with Gasteiger partial charge in [-0.2, -0.15) is 0 Å². The Labute approximate surface area is 167 Å². The van der Waals surface area contributed by atoms with Crippen molar-refractivity contribution in [3.8, 4) is 0 Å². The number of hydrogen-bond donors (Lipinski definition) is 3. The van der Waals surface area contributed by atoms with Crippen molar-refractivity contribution in [3.05, 3.63) is 36.7 Å². The van der Waals surface area contributed by atoms with Gasteiger partial charge in [-0.15, -0.1) is 0 Å². The number of H-pyrrole nitrogens is 1. The molecule has 3 aromatic rings. The molecule has 1 aromatic carbocycles. The molecule has 5 N–H and O–H groups in total. The number of anilines is 2. The lowest BCUT2D eigenvalue weighted by molar-refractivity contribution is 0.131. The van der Waals surface area contributed by atoms with Crippen LogP contribution in [0.4, 0.5) is 11.6 Å². The van der Waals surface area contributed by atoms with Gasteiger partial charge in [0.25, 0.3) is 0 Å². The second-order valence-electron chi connectivity index (χ2n) is 7.69. The van der Waals surface area contributed by atoms with E-state index in [2.05, 4.69) is 38.1 Å². The summed E-state index contributed by atoms with van der Waals surface area (Å²) in [4.78, 5) is 15.9. The number of aromatic nitrogens is 3. The Balaban J connectivity index is 1.32. The van der Waals surface area contributed by atoms with Crippen LogP contribution in [0.3, 0.4) is 0 Å². The smallest absolute Gasteiger partial charge is 0.158 e. The molecular weight excluding hydrogens is 372 g/mol. The lowest BCUT2D eigenvalue weighted by atomic mass is 9.75. The third-order valence-corrected chi connectivity index (χ3v) is 7.15. The van der Waals surface area contributed by atoms with Crippen LogP contribution in [0, 0.1) is 5.41 Å². The van der Waals surface area contributed by atoms with Gasteiger partial charge in [0.2, 0.25) is 0 Å². The Kier molecular flexibility index (Phi) is 4.41. The molecule has 0 aliphatic carbocycles. The maximum atomic E-state index is 6.28. The summed E-state index contributed by atoms with van der Waals surface area (Å²) in [5.74, 6) is 1.31. The molecule has 0 saturated carbocycles. The van der Waals surface area contributed by atoms with Gasteiger partial charge in [0, 0.05) is 46.5 Å². The van der Waals surface area contributed by atoms with Crippen LogP contribution in [-0.2, 0) is 4.74 Å². The van der Waals surface area contributed by atoms with Crippen molar-refractivity contribution in [2.45, 2.75) is 28.8 Å². The standard InChI is InChI=1S/C20H24N6OS/c21-16-11-27-12-20(16)5-8-26(9-6-20)17-10-24-19(18(22)25-17)28-15-3-1-2-14-13(15)4-7-23-14/h1-4,7,10,16,23H,5-6,8-9,11-12,21H2,(H2,22,25)/t16-/m1/s1. The molecule has 1 atom stereocenters. The quantitative estimate of drug-likeness (QED) is 0.625. The largest absolute Gasteiger partial charge is 0.381 e. The zero-order chi connectivity index (χ0) is 19.1. The van der Waals surface area contributed by atoms with E-state index < -0.39 is 0 Å². The minimum atomic E-state index is 0.126. The number of nitrogens with zero attached hydrogens (tertiary/aromatic N) is 3. The van der Waals surface area contributed by atoms with Gasteiger partial charge in [-0.3, -0.25) is 0 Å². The summed E-state index contributed by atoms with van der Waals surface area (Å²) in [6, 6.07) is 8.37. The summed E-state index contributed by atoms with van der Waals surface area (Å²) in [5, 5.41) is 1.89. The fourth-order valence-electron chi connectivity index (χ4n) is 4.23. The van der Waals surface area contributed by atoms with Crippen molar-refractivity contribution in [3.63, 3.8) is 0 Å². The predicted molar refractivity (Wildman–Crippen MR) is 112 cm³/mol. The molecule has 0 amide bonds. The number of piperidine rings is 1. The van der Waals surface area contributed by atoms with Gasteiger partial charge >= 0.3 is 0 Å². The summed E-state index contributed by atoms with van der Waals surface area (Å²) in [7, 11) is 0. The molecule has 0 radical (unpaired) electrons. The number of nitrogens with two attached hydrogens (primary N) is 2.